The lowest BCUT2D eigenvalue weighted by molar-refractivity contribution is 0.183. The average Bonchev–Trinajstić information content (AvgIpc) is 2.88. The maximum atomic E-state index is 5.25. The molecule has 1 aliphatic carbocycles. The lowest BCUT2D eigenvalue weighted by Gasteiger charge is -2.23. The number of thiazole rings is 1. The number of methoxy groups -OCH3 is 1. The molecule has 5 heteroatoms. The van der Waals surface area contributed by atoms with Crippen molar-refractivity contribution in [1.82, 2.24) is 10.3 Å². The number of rotatable bonds is 7. The maximum absolute atomic E-state index is 5.25. The van der Waals surface area contributed by atoms with Gasteiger partial charge in [0.15, 0.2) is 5.13 Å². The van der Waals surface area contributed by atoms with Crippen LogP contribution in [0.1, 0.15) is 49.7 Å². The molecule has 2 unspecified atom stereocenters. The zero-order valence-corrected chi connectivity index (χ0v) is 13.9. The van der Waals surface area contributed by atoms with Crippen LogP contribution in [0.25, 0.3) is 0 Å². The van der Waals surface area contributed by atoms with Crippen molar-refractivity contribution in [3.8, 4) is 0 Å². The van der Waals surface area contributed by atoms with Crippen LogP contribution in [-0.4, -0.2) is 38.3 Å². The van der Waals surface area contributed by atoms with Crippen LogP contribution in [0.3, 0.4) is 0 Å². The Morgan fingerprint density at radius 3 is 3.05 bits per heavy atom. The molecule has 0 bridgehead atoms. The number of aromatic nitrogens is 1. The summed E-state index contributed by atoms with van der Waals surface area (Å²) in [5.41, 5.74) is 1.31. The Bertz CT molecular complexity index is 421. The lowest BCUT2D eigenvalue weighted by Crippen LogP contribution is -2.32. The third kappa shape index (κ3) is 3.51. The molecule has 0 saturated heterocycles. The number of ether oxygens (including phenoxy) is 1. The van der Waals surface area contributed by atoms with Crippen LogP contribution in [0.4, 0.5) is 5.13 Å². The molecular weight excluding hydrogens is 270 g/mol. The largest absolute Gasteiger partial charge is 0.383 e. The van der Waals surface area contributed by atoms with Gasteiger partial charge in [-0.15, -0.1) is 0 Å². The molecule has 0 aliphatic heterocycles. The lowest BCUT2D eigenvalue weighted by atomic mass is 9.98. The van der Waals surface area contributed by atoms with Crippen LogP contribution in [-0.2, 0) is 11.2 Å². The molecule has 1 aromatic heterocycles. The summed E-state index contributed by atoms with van der Waals surface area (Å²) in [6.07, 6.45) is 4.80. The summed E-state index contributed by atoms with van der Waals surface area (Å²) in [5, 5.41) is 4.79. The molecule has 2 atom stereocenters. The summed E-state index contributed by atoms with van der Waals surface area (Å²) in [4.78, 5) is 8.56. The molecule has 1 aromatic rings. The van der Waals surface area contributed by atoms with E-state index in [1.807, 2.05) is 11.3 Å². The fraction of sp³-hybridized carbons (Fsp3) is 0.800. The molecule has 0 fully saturated rings. The van der Waals surface area contributed by atoms with Gasteiger partial charge in [-0.1, -0.05) is 18.3 Å². The van der Waals surface area contributed by atoms with E-state index in [1.54, 1.807) is 7.11 Å². The molecule has 1 N–H and O–H groups in total. The van der Waals surface area contributed by atoms with Crippen molar-refractivity contribution in [1.29, 1.82) is 0 Å². The minimum atomic E-state index is 0.356. The van der Waals surface area contributed by atoms with Gasteiger partial charge in [0.1, 0.15) is 0 Å². The second-order valence-corrected chi connectivity index (χ2v) is 6.63. The average molecular weight is 297 g/mol. The molecule has 1 heterocycles. The molecule has 0 spiro atoms. The van der Waals surface area contributed by atoms with Crippen LogP contribution in [0, 0.1) is 0 Å². The van der Waals surface area contributed by atoms with E-state index in [0.29, 0.717) is 12.1 Å². The van der Waals surface area contributed by atoms with E-state index in [-0.39, 0.29) is 0 Å². The highest BCUT2D eigenvalue weighted by Gasteiger charge is 2.25. The van der Waals surface area contributed by atoms with Crippen molar-refractivity contribution in [3.05, 3.63) is 10.6 Å². The summed E-state index contributed by atoms with van der Waals surface area (Å²) in [6.45, 7) is 6.22. The second kappa shape index (κ2) is 7.38. The summed E-state index contributed by atoms with van der Waals surface area (Å²) in [7, 11) is 3.87. The topological polar surface area (TPSA) is 37.4 Å². The van der Waals surface area contributed by atoms with Crippen LogP contribution < -0.4 is 10.2 Å². The van der Waals surface area contributed by atoms with Crippen LogP contribution >= 0.6 is 11.3 Å². The van der Waals surface area contributed by atoms with E-state index < -0.39 is 0 Å². The fourth-order valence-electron chi connectivity index (χ4n) is 2.61. The first-order valence-corrected chi connectivity index (χ1v) is 8.43. The molecule has 2 rings (SSSR count). The fourth-order valence-corrected chi connectivity index (χ4v) is 3.90. The first-order valence-electron chi connectivity index (χ1n) is 7.62. The predicted octanol–water partition coefficient (Wildman–Crippen LogP) is 2.99. The molecule has 0 saturated carbocycles. The molecule has 1 aliphatic rings. The van der Waals surface area contributed by atoms with E-state index in [2.05, 4.69) is 31.1 Å². The van der Waals surface area contributed by atoms with Gasteiger partial charge in [0, 0.05) is 25.1 Å². The number of hydrogen-bond acceptors (Lipinski definition) is 5. The monoisotopic (exact) mass is 297 g/mol. The maximum Gasteiger partial charge on any atom is 0.185 e. The predicted molar refractivity (Wildman–Crippen MR) is 85.8 cm³/mol. The summed E-state index contributed by atoms with van der Waals surface area (Å²) in [6, 6.07) is 0.866. The van der Waals surface area contributed by atoms with E-state index in [0.717, 1.165) is 24.7 Å². The van der Waals surface area contributed by atoms with Crippen molar-refractivity contribution in [3.63, 3.8) is 0 Å². The Labute approximate surface area is 126 Å². The van der Waals surface area contributed by atoms with Crippen molar-refractivity contribution in [2.24, 2.45) is 0 Å². The van der Waals surface area contributed by atoms with Gasteiger partial charge >= 0.3 is 0 Å². The SMILES string of the molecule is CCCNC1CCCc2nc(N(C)C(C)COC)sc21. The van der Waals surface area contributed by atoms with Gasteiger partial charge in [-0.05, 0) is 39.2 Å². The third-order valence-corrected chi connectivity index (χ3v) is 5.25. The molecule has 0 aromatic carbocycles. The van der Waals surface area contributed by atoms with E-state index in [1.165, 1.54) is 29.8 Å². The van der Waals surface area contributed by atoms with Crippen LogP contribution in [0.5, 0.6) is 0 Å². The Kier molecular flexibility index (Phi) is 5.81. The molecule has 4 nitrogen and oxygen atoms in total. The van der Waals surface area contributed by atoms with E-state index in [9.17, 15) is 0 Å². The Balaban J connectivity index is 2.12. The number of nitrogens with one attached hydrogen (secondary N) is 1. The van der Waals surface area contributed by atoms with Gasteiger partial charge in [0.2, 0.25) is 0 Å². The quantitative estimate of drug-likeness (QED) is 0.839. The summed E-state index contributed by atoms with van der Waals surface area (Å²) >= 11 is 1.85. The number of aryl methyl sites for hydroxylation is 1. The Morgan fingerprint density at radius 1 is 1.55 bits per heavy atom. The van der Waals surface area contributed by atoms with Crippen molar-refractivity contribution in [2.45, 2.75) is 51.6 Å². The van der Waals surface area contributed by atoms with Gasteiger partial charge in [-0.25, -0.2) is 4.98 Å². The minimum Gasteiger partial charge on any atom is -0.383 e. The standard InChI is InChI=1S/C15H27N3OS/c1-5-9-16-12-7-6-8-13-14(12)20-15(17-13)18(3)11(2)10-19-4/h11-12,16H,5-10H2,1-4H3. The number of likely N-dealkylation sites (N-methyl/N-ethyl adjacent to an activating group) is 1. The number of fused-ring (bicyclic) bond motifs is 1. The Morgan fingerprint density at radius 2 is 2.35 bits per heavy atom. The van der Waals surface area contributed by atoms with E-state index >= 15 is 0 Å². The summed E-state index contributed by atoms with van der Waals surface area (Å²) in [5.74, 6) is 0. The van der Waals surface area contributed by atoms with Gasteiger partial charge in [0.05, 0.1) is 18.3 Å². The third-order valence-electron chi connectivity index (χ3n) is 3.95. The molecule has 0 amide bonds. The normalized spacial score (nSPS) is 19.7. The van der Waals surface area contributed by atoms with Gasteiger partial charge in [-0.3, -0.25) is 0 Å². The first kappa shape index (κ1) is 15.7. The van der Waals surface area contributed by atoms with Crippen molar-refractivity contribution >= 4 is 16.5 Å². The molecule has 20 heavy (non-hydrogen) atoms. The number of hydrogen-bond donors (Lipinski definition) is 1. The highest BCUT2D eigenvalue weighted by molar-refractivity contribution is 7.15. The van der Waals surface area contributed by atoms with Crippen LogP contribution in [0.15, 0.2) is 0 Å². The summed E-state index contributed by atoms with van der Waals surface area (Å²) < 4.78 is 5.25. The highest BCUT2D eigenvalue weighted by atomic mass is 32.1. The number of nitrogens with zero attached hydrogens (tertiary/aromatic N) is 2. The van der Waals surface area contributed by atoms with E-state index in [4.69, 9.17) is 9.72 Å². The zero-order chi connectivity index (χ0) is 14.5. The van der Waals surface area contributed by atoms with Crippen molar-refractivity contribution in [2.75, 3.05) is 32.2 Å². The zero-order valence-electron chi connectivity index (χ0n) is 13.1. The molecule has 114 valence electrons. The first-order chi connectivity index (χ1) is 9.67. The minimum absolute atomic E-state index is 0.356. The van der Waals surface area contributed by atoms with Gasteiger partial charge in [-0.2, -0.15) is 0 Å². The van der Waals surface area contributed by atoms with Gasteiger partial charge < -0.3 is 15.0 Å². The van der Waals surface area contributed by atoms with Crippen LogP contribution in [0.2, 0.25) is 0 Å². The number of anilines is 1. The molecule has 0 radical (unpaired) electrons. The molecular formula is C15H27N3OS. The smallest absolute Gasteiger partial charge is 0.185 e. The Hall–Kier alpha value is -0.650. The van der Waals surface area contributed by atoms with Crippen molar-refractivity contribution < 1.29 is 4.74 Å². The highest BCUT2D eigenvalue weighted by Crippen LogP contribution is 2.37. The van der Waals surface area contributed by atoms with Gasteiger partial charge in [0.25, 0.3) is 0 Å². The second-order valence-electron chi connectivity index (χ2n) is 5.62.